The van der Waals surface area contributed by atoms with Gasteiger partial charge in [-0.15, -0.1) is 11.3 Å². The third kappa shape index (κ3) is 3.79. The van der Waals surface area contributed by atoms with Crippen molar-refractivity contribution in [3.05, 3.63) is 22.8 Å². The van der Waals surface area contributed by atoms with E-state index < -0.39 is 10.0 Å². The Morgan fingerprint density at radius 3 is 2.70 bits per heavy atom. The molecule has 2 aliphatic rings. The summed E-state index contributed by atoms with van der Waals surface area (Å²) in [5.41, 5.74) is 1.34. The average molecular weight is 411 g/mol. The predicted octanol–water partition coefficient (Wildman–Crippen LogP) is 1.37. The molecule has 8 nitrogen and oxygen atoms in total. The van der Waals surface area contributed by atoms with Crippen LogP contribution in [0.25, 0.3) is 10.7 Å². The minimum absolute atomic E-state index is 0.0444. The van der Waals surface area contributed by atoms with Gasteiger partial charge in [0, 0.05) is 32.4 Å². The summed E-state index contributed by atoms with van der Waals surface area (Å²) in [6.45, 7) is 4.05. The summed E-state index contributed by atoms with van der Waals surface area (Å²) >= 11 is 1.30. The van der Waals surface area contributed by atoms with Crippen LogP contribution in [0.2, 0.25) is 0 Å². The first-order chi connectivity index (χ1) is 12.8. The van der Waals surface area contributed by atoms with E-state index >= 15 is 0 Å². The minimum atomic E-state index is -3.53. The Bertz CT molecular complexity index is 969. The van der Waals surface area contributed by atoms with E-state index in [0.717, 1.165) is 12.8 Å². The Kier molecular flexibility index (Phi) is 4.83. The summed E-state index contributed by atoms with van der Waals surface area (Å²) in [7, 11) is -1.74. The van der Waals surface area contributed by atoms with Crippen molar-refractivity contribution in [2.75, 3.05) is 26.3 Å². The summed E-state index contributed by atoms with van der Waals surface area (Å²) in [5, 5.41) is 0.638. The maximum absolute atomic E-state index is 12.8. The molecule has 1 saturated heterocycles. The number of aromatic nitrogens is 2. The third-order valence-electron chi connectivity index (χ3n) is 4.70. The van der Waals surface area contributed by atoms with E-state index in [9.17, 15) is 13.2 Å². The van der Waals surface area contributed by atoms with Crippen LogP contribution in [-0.2, 0) is 21.8 Å². The molecular formula is C17H22N4O4S2. The first kappa shape index (κ1) is 18.6. The van der Waals surface area contributed by atoms with E-state index in [4.69, 9.17) is 4.74 Å². The van der Waals surface area contributed by atoms with Crippen molar-refractivity contribution < 1.29 is 17.9 Å². The summed E-state index contributed by atoms with van der Waals surface area (Å²) in [6.07, 6.45) is 3.36. The van der Waals surface area contributed by atoms with Crippen molar-refractivity contribution in [1.82, 2.24) is 19.2 Å². The van der Waals surface area contributed by atoms with Gasteiger partial charge < -0.3 is 14.2 Å². The van der Waals surface area contributed by atoms with Crippen molar-refractivity contribution in [3.63, 3.8) is 0 Å². The van der Waals surface area contributed by atoms with Crippen LogP contribution in [0, 0.1) is 6.92 Å². The fourth-order valence-electron chi connectivity index (χ4n) is 3.00. The largest absolute Gasteiger partial charge is 0.378 e. The second-order valence-corrected chi connectivity index (χ2v) is 9.62. The van der Waals surface area contributed by atoms with Gasteiger partial charge in [0.2, 0.25) is 10.0 Å². The molecule has 1 aliphatic carbocycles. The molecule has 2 aromatic heterocycles. The molecule has 0 bridgehead atoms. The molecule has 0 aromatic carbocycles. The highest BCUT2D eigenvalue weighted by atomic mass is 32.2. The molecule has 1 aliphatic heterocycles. The molecule has 1 N–H and O–H groups in total. The van der Waals surface area contributed by atoms with Crippen LogP contribution in [0.15, 0.2) is 17.2 Å². The number of nitrogens with one attached hydrogen (secondary N) is 1. The summed E-state index contributed by atoms with van der Waals surface area (Å²) in [5.74, 6) is -0.0444. The monoisotopic (exact) mass is 410 g/mol. The van der Waals surface area contributed by atoms with Crippen molar-refractivity contribution in [2.45, 2.75) is 30.7 Å². The average Bonchev–Trinajstić information content (AvgIpc) is 3.21. The highest BCUT2D eigenvalue weighted by Crippen LogP contribution is 2.31. The number of sulfonamides is 1. The molecule has 2 aromatic rings. The SMILES string of the molecule is Cc1nc(-c2cc(S(=O)(=O)NC3CC3)cn2C)sc1C(=O)N1CCOCC1. The van der Waals surface area contributed by atoms with Gasteiger partial charge in [0.15, 0.2) is 0 Å². The molecule has 1 saturated carbocycles. The summed E-state index contributed by atoms with van der Waals surface area (Å²) in [4.78, 5) is 19.9. The quantitative estimate of drug-likeness (QED) is 0.804. The van der Waals surface area contributed by atoms with Gasteiger partial charge in [-0.05, 0) is 25.8 Å². The number of nitrogens with zero attached hydrogens (tertiary/aromatic N) is 3. The zero-order chi connectivity index (χ0) is 19.2. The van der Waals surface area contributed by atoms with Crippen LogP contribution in [0.1, 0.15) is 28.2 Å². The fourth-order valence-corrected chi connectivity index (χ4v) is 5.46. The zero-order valence-electron chi connectivity index (χ0n) is 15.3. The Balaban J connectivity index is 1.61. The van der Waals surface area contributed by atoms with Crippen molar-refractivity contribution >= 4 is 27.3 Å². The van der Waals surface area contributed by atoms with Crippen molar-refractivity contribution in [3.8, 4) is 10.7 Å². The zero-order valence-corrected chi connectivity index (χ0v) is 16.9. The molecule has 0 spiro atoms. The number of morpholine rings is 1. The smallest absolute Gasteiger partial charge is 0.266 e. The molecular weight excluding hydrogens is 388 g/mol. The van der Waals surface area contributed by atoms with Gasteiger partial charge in [0.1, 0.15) is 14.8 Å². The first-order valence-corrected chi connectivity index (χ1v) is 11.2. The lowest BCUT2D eigenvalue weighted by Crippen LogP contribution is -2.40. The normalized spacial score (nSPS) is 18.1. The molecule has 2 fully saturated rings. The third-order valence-corrected chi connectivity index (χ3v) is 7.35. The molecule has 3 heterocycles. The van der Waals surface area contributed by atoms with Crippen molar-refractivity contribution in [2.24, 2.45) is 7.05 Å². The molecule has 4 rings (SSSR count). The topological polar surface area (TPSA) is 93.5 Å². The number of hydrogen-bond acceptors (Lipinski definition) is 6. The van der Waals surface area contributed by atoms with Gasteiger partial charge in [-0.2, -0.15) is 0 Å². The molecule has 0 atom stereocenters. The lowest BCUT2D eigenvalue weighted by molar-refractivity contribution is 0.0305. The van der Waals surface area contributed by atoms with Crippen LogP contribution < -0.4 is 4.72 Å². The van der Waals surface area contributed by atoms with Gasteiger partial charge in [0.25, 0.3) is 5.91 Å². The van der Waals surface area contributed by atoms with Gasteiger partial charge in [0.05, 0.1) is 24.6 Å². The number of thiazole rings is 1. The van der Waals surface area contributed by atoms with E-state index in [1.807, 2.05) is 6.92 Å². The lowest BCUT2D eigenvalue weighted by Gasteiger charge is -2.26. The number of ether oxygens (including phenoxy) is 1. The van der Waals surface area contributed by atoms with E-state index in [-0.39, 0.29) is 16.8 Å². The number of rotatable bonds is 5. The van der Waals surface area contributed by atoms with E-state index in [1.165, 1.54) is 11.3 Å². The van der Waals surface area contributed by atoms with Crippen molar-refractivity contribution in [1.29, 1.82) is 0 Å². The predicted molar refractivity (Wildman–Crippen MR) is 101 cm³/mol. The minimum Gasteiger partial charge on any atom is -0.378 e. The second-order valence-electron chi connectivity index (χ2n) is 6.91. The van der Waals surface area contributed by atoms with Crippen LogP contribution in [0.4, 0.5) is 0 Å². The van der Waals surface area contributed by atoms with Gasteiger partial charge in [-0.1, -0.05) is 0 Å². The Hall–Kier alpha value is -1.75. The number of carbonyl (C=O) groups excluding carboxylic acids is 1. The summed E-state index contributed by atoms with van der Waals surface area (Å²) in [6, 6.07) is 1.67. The van der Waals surface area contributed by atoms with Crippen LogP contribution in [0.5, 0.6) is 0 Å². The van der Waals surface area contributed by atoms with Gasteiger partial charge in [-0.25, -0.2) is 18.1 Å². The molecule has 1 amide bonds. The number of hydrogen-bond donors (Lipinski definition) is 1. The first-order valence-electron chi connectivity index (χ1n) is 8.88. The van der Waals surface area contributed by atoms with E-state index in [1.54, 1.807) is 28.8 Å². The number of amides is 1. The molecule has 27 heavy (non-hydrogen) atoms. The number of carbonyl (C=O) groups is 1. The Morgan fingerprint density at radius 1 is 1.33 bits per heavy atom. The van der Waals surface area contributed by atoms with Gasteiger partial charge in [-0.3, -0.25) is 4.79 Å². The summed E-state index contributed by atoms with van der Waals surface area (Å²) < 4.78 is 34.6. The molecule has 0 unspecified atom stereocenters. The molecule has 10 heteroatoms. The maximum atomic E-state index is 12.8. The number of aryl methyl sites for hydroxylation is 2. The standard InChI is InChI=1S/C17H22N4O4S2/c1-11-15(17(22)21-5-7-25-8-6-21)26-16(18-11)14-9-13(10-20(14)2)27(23,24)19-12-3-4-12/h9-10,12,19H,3-8H2,1-2H3. The van der Waals surface area contributed by atoms with Crippen LogP contribution >= 0.6 is 11.3 Å². The molecule has 0 radical (unpaired) electrons. The van der Waals surface area contributed by atoms with E-state index in [0.29, 0.717) is 47.6 Å². The Morgan fingerprint density at radius 2 is 2.04 bits per heavy atom. The fraction of sp³-hybridized carbons (Fsp3) is 0.529. The Labute approximate surface area is 162 Å². The molecule has 146 valence electrons. The van der Waals surface area contributed by atoms with E-state index in [2.05, 4.69) is 9.71 Å². The van der Waals surface area contributed by atoms with Crippen LogP contribution in [-0.4, -0.2) is 61.1 Å². The highest BCUT2D eigenvalue weighted by Gasteiger charge is 2.30. The lowest BCUT2D eigenvalue weighted by atomic mass is 10.3. The second kappa shape index (κ2) is 7.01. The highest BCUT2D eigenvalue weighted by molar-refractivity contribution is 7.89. The van der Waals surface area contributed by atoms with Crippen LogP contribution in [0.3, 0.4) is 0 Å². The van der Waals surface area contributed by atoms with Gasteiger partial charge >= 0.3 is 0 Å². The maximum Gasteiger partial charge on any atom is 0.266 e.